The number of anilines is 1. The molecule has 0 bridgehead atoms. The fraction of sp³-hybridized carbons (Fsp3) is 0.364. The van der Waals surface area contributed by atoms with Gasteiger partial charge in [0.25, 0.3) is 11.8 Å². The zero-order valence-electron chi connectivity index (χ0n) is 16.4. The van der Waals surface area contributed by atoms with Crippen molar-refractivity contribution >= 4 is 40.7 Å². The lowest BCUT2D eigenvalue weighted by molar-refractivity contribution is 0.0948. The molecule has 2 amide bonds. The summed E-state index contributed by atoms with van der Waals surface area (Å²) in [6, 6.07) is 11.5. The number of carbonyl (C=O) groups excluding carboxylic acids is 2. The number of benzene rings is 2. The Hall–Kier alpha value is -2.08. The van der Waals surface area contributed by atoms with Crippen LogP contribution in [0.5, 0.6) is 0 Å². The van der Waals surface area contributed by atoms with E-state index in [2.05, 4.69) is 22.6 Å². The molecule has 1 heterocycles. The molecule has 0 saturated carbocycles. The van der Waals surface area contributed by atoms with Gasteiger partial charge in [-0.1, -0.05) is 23.2 Å². The molecule has 7 heteroatoms. The van der Waals surface area contributed by atoms with Crippen molar-refractivity contribution in [3.8, 4) is 0 Å². The second-order valence-electron chi connectivity index (χ2n) is 7.48. The van der Waals surface area contributed by atoms with Crippen LogP contribution < -0.4 is 10.6 Å². The molecule has 3 rings (SSSR count). The van der Waals surface area contributed by atoms with Crippen molar-refractivity contribution in [3.05, 3.63) is 63.6 Å². The van der Waals surface area contributed by atoms with Crippen LogP contribution in [-0.4, -0.2) is 43.4 Å². The van der Waals surface area contributed by atoms with Crippen LogP contribution >= 0.6 is 23.2 Å². The summed E-state index contributed by atoms with van der Waals surface area (Å²) in [4.78, 5) is 27.0. The minimum Gasteiger partial charge on any atom is -0.352 e. The topological polar surface area (TPSA) is 61.4 Å². The highest BCUT2D eigenvalue weighted by Gasteiger charge is 2.16. The average molecular weight is 434 g/mol. The lowest BCUT2D eigenvalue weighted by Crippen LogP contribution is -2.32. The van der Waals surface area contributed by atoms with Crippen LogP contribution in [0.3, 0.4) is 0 Å². The molecule has 0 unspecified atom stereocenters. The van der Waals surface area contributed by atoms with E-state index in [0.717, 1.165) is 19.5 Å². The molecule has 154 valence electrons. The average Bonchev–Trinajstić information content (AvgIpc) is 2.69. The van der Waals surface area contributed by atoms with Gasteiger partial charge in [-0.15, -0.1) is 0 Å². The van der Waals surface area contributed by atoms with Gasteiger partial charge in [0.2, 0.25) is 0 Å². The maximum Gasteiger partial charge on any atom is 0.255 e. The number of hydrogen-bond donors (Lipinski definition) is 2. The largest absolute Gasteiger partial charge is 0.352 e. The standard InChI is InChI=1S/C22H25Cl2N3O2/c1-27-10-7-15(8-11-27)6-9-25-21(28)16-2-4-20(5-3-16)26-22(29)17-12-18(23)14-19(24)13-17/h2-5,12-15H,6-11H2,1H3,(H,25,28)(H,26,29). The minimum absolute atomic E-state index is 0.0996. The first-order valence-electron chi connectivity index (χ1n) is 9.75. The zero-order valence-corrected chi connectivity index (χ0v) is 17.9. The van der Waals surface area contributed by atoms with E-state index in [-0.39, 0.29) is 11.8 Å². The lowest BCUT2D eigenvalue weighted by Gasteiger charge is -2.28. The molecular formula is C22H25Cl2N3O2. The van der Waals surface area contributed by atoms with Gasteiger partial charge in [0.15, 0.2) is 0 Å². The van der Waals surface area contributed by atoms with E-state index in [1.54, 1.807) is 42.5 Å². The Morgan fingerprint density at radius 1 is 0.966 bits per heavy atom. The summed E-state index contributed by atoms with van der Waals surface area (Å²) >= 11 is 11.9. The smallest absolute Gasteiger partial charge is 0.255 e. The quantitative estimate of drug-likeness (QED) is 0.693. The first-order chi connectivity index (χ1) is 13.9. The Balaban J connectivity index is 1.48. The summed E-state index contributed by atoms with van der Waals surface area (Å²) in [7, 11) is 2.15. The van der Waals surface area contributed by atoms with E-state index in [0.29, 0.717) is 39.3 Å². The van der Waals surface area contributed by atoms with E-state index >= 15 is 0 Å². The third-order valence-electron chi connectivity index (χ3n) is 5.21. The van der Waals surface area contributed by atoms with Crippen molar-refractivity contribution in [2.75, 3.05) is 32.0 Å². The van der Waals surface area contributed by atoms with E-state index in [1.807, 2.05) is 0 Å². The highest BCUT2D eigenvalue weighted by Crippen LogP contribution is 2.21. The van der Waals surface area contributed by atoms with E-state index < -0.39 is 0 Å². The summed E-state index contributed by atoms with van der Waals surface area (Å²) in [5.41, 5.74) is 1.53. The Bertz CT molecular complexity index is 843. The van der Waals surface area contributed by atoms with E-state index in [4.69, 9.17) is 23.2 Å². The van der Waals surface area contributed by atoms with Crippen LogP contribution in [0.4, 0.5) is 5.69 Å². The molecule has 2 aromatic carbocycles. The van der Waals surface area contributed by atoms with Gasteiger partial charge < -0.3 is 15.5 Å². The molecule has 5 nitrogen and oxygen atoms in total. The van der Waals surface area contributed by atoms with Gasteiger partial charge in [-0.05, 0) is 87.8 Å². The van der Waals surface area contributed by atoms with Gasteiger partial charge in [0.1, 0.15) is 0 Å². The summed E-state index contributed by atoms with van der Waals surface area (Å²) in [5, 5.41) is 6.56. The van der Waals surface area contributed by atoms with Gasteiger partial charge >= 0.3 is 0 Å². The number of amides is 2. The summed E-state index contributed by atoms with van der Waals surface area (Å²) in [6.07, 6.45) is 3.40. The summed E-state index contributed by atoms with van der Waals surface area (Å²) < 4.78 is 0. The SMILES string of the molecule is CN1CCC(CCNC(=O)c2ccc(NC(=O)c3cc(Cl)cc(Cl)c3)cc2)CC1. The van der Waals surface area contributed by atoms with Crippen molar-refractivity contribution in [1.82, 2.24) is 10.2 Å². The molecule has 1 aliphatic heterocycles. The molecule has 0 spiro atoms. The van der Waals surface area contributed by atoms with Gasteiger partial charge in [-0.25, -0.2) is 0 Å². The predicted molar refractivity (Wildman–Crippen MR) is 118 cm³/mol. The molecular weight excluding hydrogens is 409 g/mol. The summed E-state index contributed by atoms with van der Waals surface area (Å²) in [6.45, 7) is 2.95. The van der Waals surface area contributed by atoms with Crippen LogP contribution in [-0.2, 0) is 0 Å². The maximum atomic E-state index is 12.3. The van der Waals surface area contributed by atoms with E-state index in [9.17, 15) is 9.59 Å². The predicted octanol–water partition coefficient (Wildman–Crippen LogP) is 4.71. The number of hydrogen-bond acceptors (Lipinski definition) is 3. The molecule has 0 radical (unpaired) electrons. The minimum atomic E-state index is -0.315. The molecule has 1 fully saturated rings. The van der Waals surface area contributed by atoms with E-state index in [1.165, 1.54) is 12.8 Å². The first kappa shape index (κ1) is 21.6. The molecule has 0 aliphatic carbocycles. The highest BCUT2D eigenvalue weighted by atomic mass is 35.5. The Labute approximate surface area is 181 Å². The van der Waals surface area contributed by atoms with Crippen molar-refractivity contribution in [2.45, 2.75) is 19.3 Å². The van der Waals surface area contributed by atoms with Crippen LogP contribution in [0, 0.1) is 5.92 Å². The fourth-order valence-corrected chi connectivity index (χ4v) is 3.96. The maximum absolute atomic E-state index is 12.3. The number of rotatable bonds is 6. The van der Waals surface area contributed by atoms with Crippen LogP contribution in [0.25, 0.3) is 0 Å². The highest BCUT2D eigenvalue weighted by molar-refractivity contribution is 6.35. The lowest BCUT2D eigenvalue weighted by atomic mass is 9.94. The second-order valence-corrected chi connectivity index (χ2v) is 8.35. The zero-order chi connectivity index (χ0) is 20.8. The Morgan fingerprint density at radius 2 is 1.59 bits per heavy atom. The van der Waals surface area contributed by atoms with Crippen molar-refractivity contribution in [1.29, 1.82) is 0 Å². The first-order valence-corrected chi connectivity index (χ1v) is 10.5. The van der Waals surface area contributed by atoms with Crippen LogP contribution in [0.1, 0.15) is 40.0 Å². The number of piperidine rings is 1. The second kappa shape index (κ2) is 10.1. The Morgan fingerprint density at radius 3 is 2.21 bits per heavy atom. The van der Waals surface area contributed by atoms with Crippen LogP contribution in [0.15, 0.2) is 42.5 Å². The molecule has 1 saturated heterocycles. The third kappa shape index (κ3) is 6.46. The molecule has 2 N–H and O–H groups in total. The fourth-order valence-electron chi connectivity index (χ4n) is 3.44. The van der Waals surface area contributed by atoms with Gasteiger partial charge in [0.05, 0.1) is 0 Å². The van der Waals surface area contributed by atoms with Crippen molar-refractivity contribution in [3.63, 3.8) is 0 Å². The normalized spacial score (nSPS) is 15.1. The third-order valence-corrected chi connectivity index (χ3v) is 5.64. The number of nitrogens with zero attached hydrogens (tertiary/aromatic N) is 1. The van der Waals surface area contributed by atoms with Gasteiger partial charge in [-0.2, -0.15) is 0 Å². The number of likely N-dealkylation sites (tertiary alicyclic amines) is 1. The molecule has 0 aromatic heterocycles. The number of nitrogens with one attached hydrogen (secondary N) is 2. The van der Waals surface area contributed by atoms with Crippen LogP contribution in [0.2, 0.25) is 10.0 Å². The van der Waals surface area contributed by atoms with Gasteiger partial charge in [-0.3, -0.25) is 9.59 Å². The molecule has 0 atom stereocenters. The number of carbonyl (C=O) groups is 2. The Kier molecular flexibility index (Phi) is 7.53. The van der Waals surface area contributed by atoms with Gasteiger partial charge in [0, 0.05) is 33.4 Å². The summed E-state index contributed by atoms with van der Waals surface area (Å²) in [5.74, 6) is 0.270. The molecule has 29 heavy (non-hydrogen) atoms. The number of halogens is 2. The monoisotopic (exact) mass is 433 g/mol. The molecule has 1 aliphatic rings. The van der Waals surface area contributed by atoms with Crippen molar-refractivity contribution in [2.24, 2.45) is 5.92 Å². The van der Waals surface area contributed by atoms with Crippen molar-refractivity contribution < 1.29 is 9.59 Å². The molecule has 2 aromatic rings.